The molecule has 1 aliphatic carbocycles. The van der Waals surface area contributed by atoms with Crippen LogP contribution in [-0.4, -0.2) is 20.9 Å². The molecule has 1 aromatic carbocycles. The van der Waals surface area contributed by atoms with Gasteiger partial charge in [-0.15, -0.1) is 0 Å². The molecule has 1 saturated carbocycles. The molecule has 4 rings (SSSR count). The molecule has 2 heterocycles. The first-order valence-corrected chi connectivity index (χ1v) is 9.52. The van der Waals surface area contributed by atoms with E-state index in [1.165, 1.54) is 11.1 Å². The van der Waals surface area contributed by atoms with Crippen molar-refractivity contribution in [1.29, 1.82) is 0 Å². The van der Waals surface area contributed by atoms with E-state index in [0.717, 1.165) is 25.7 Å². The van der Waals surface area contributed by atoms with Gasteiger partial charge in [0.2, 0.25) is 11.8 Å². The van der Waals surface area contributed by atoms with Crippen molar-refractivity contribution < 1.29 is 9.32 Å². The molecular formula is C20H26N4O2. The number of nitrogens with two attached hydrogens (primary N) is 1. The minimum Gasteiger partial charge on any atom is -0.337 e. The summed E-state index contributed by atoms with van der Waals surface area (Å²) in [6.07, 6.45) is 4.36. The third-order valence-corrected chi connectivity index (χ3v) is 5.98. The molecule has 0 saturated heterocycles. The van der Waals surface area contributed by atoms with Crippen molar-refractivity contribution in [2.24, 2.45) is 11.7 Å². The Bertz CT molecular complexity index is 812. The van der Waals surface area contributed by atoms with E-state index in [0.29, 0.717) is 24.7 Å². The largest absolute Gasteiger partial charge is 0.337 e. The number of benzene rings is 1. The lowest BCUT2D eigenvalue weighted by molar-refractivity contribution is -0.139. The molecule has 1 fully saturated rings. The zero-order valence-corrected chi connectivity index (χ0v) is 15.4. The normalized spacial score (nSPS) is 22.4. The number of nitrogens with zero attached hydrogens (tertiary/aromatic N) is 3. The number of aromatic nitrogens is 2. The Balaban J connectivity index is 1.68. The van der Waals surface area contributed by atoms with Crippen LogP contribution in [0, 0.1) is 5.92 Å². The number of fused-ring (bicyclic) bond motifs is 1. The molecule has 1 aliphatic heterocycles. The highest BCUT2D eigenvalue weighted by Crippen LogP contribution is 2.39. The molecule has 6 nitrogen and oxygen atoms in total. The van der Waals surface area contributed by atoms with Gasteiger partial charge in [-0.05, 0) is 36.8 Å². The molecule has 0 spiro atoms. The average molecular weight is 354 g/mol. The minimum atomic E-state index is -0.458. The number of rotatable bonds is 4. The van der Waals surface area contributed by atoms with Crippen molar-refractivity contribution >= 4 is 5.91 Å². The predicted octanol–water partition coefficient (Wildman–Crippen LogP) is 3.08. The Kier molecular flexibility index (Phi) is 4.31. The first kappa shape index (κ1) is 17.2. The van der Waals surface area contributed by atoms with E-state index < -0.39 is 5.54 Å². The van der Waals surface area contributed by atoms with Crippen molar-refractivity contribution in [2.75, 3.05) is 0 Å². The molecule has 2 aliphatic rings. The predicted molar refractivity (Wildman–Crippen MR) is 96.9 cm³/mol. The Morgan fingerprint density at radius 2 is 2.12 bits per heavy atom. The van der Waals surface area contributed by atoms with Crippen LogP contribution >= 0.6 is 0 Å². The highest BCUT2D eigenvalue weighted by Gasteiger charge is 2.41. The summed E-state index contributed by atoms with van der Waals surface area (Å²) in [7, 11) is 0. The van der Waals surface area contributed by atoms with Gasteiger partial charge in [-0.1, -0.05) is 43.3 Å². The molecule has 2 N–H and O–H groups in total. The standard InChI is InChI=1S/C20H26N4O2/c1-3-13(2)18(25)24-12-15-8-5-4-7-14(15)11-16(24)17-22-19(23-26-17)20(21)9-6-10-20/h4-5,7-8,13,16H,3,6,9-12,21H2,1-2H3. The van der Waals surface area contributed by atoms with E-state index in [4.69, 9.17) is 10.3 Å². The second kappa shape index (κ2) is 6.50. The number of amides is 1. The highest BCUT2D eigenvalue weighted by molar-refractivity contribution is 5.79. The first-order valence-electron chi connectivity index (χ1n) is 9.52. The van der Waals surface area contributed by atoms with Crippen LogP contribution in [0.25, 0.3) is 0 Å². The molecule has 0 radical (unpaired) electrons. The smallest absolute Gasteiger partial charge is 0.249 e. The van der Waals surface area contributed by atoms with Gasteiger partial charge in [0.1, 0.15) is 6.04 Å². The zero-order valence-electron chi connectivity index (χ0n) is 15.4. The van der Waals surface area contributed by atoms with Gasteiger partial charge in [0, 0.05) is 18.9 Å². The molecule has 1 aromatic heterocycles. The fraction of sp³-hybridized carbons (Fsp3) is 0.550. The van der Waals surface area contributed by atoms with Crippen molar-refractivity contribution in [3.05, 3.63) is 47.1 Å². The third kappa shape index (κ3) is 2.82. The molecule has 2 atom stereocenters. The first-order chi connectivity index (χ1) is 12.5. The Labute approximate surface area is 153 Å². The fourth-order valence-corrected chi connectivity index (χ4v) is 3.79. The summed E-state index contributed by atoms with van der Waals surface area (Å²) in [5.74, 6) is 1.19. The van der Waals surface area contributed by atoms with Crippen molar-refractivity contribution in [1.82, 2.24) is 15.0 Å². The van der Waals surface area contributed by atoms with Crippen LogP contribution in [0.5, 0.6) is 0 Å². The molecule has 1 amide bonds. The van der Waals surface area contributed by atoms with Gasteiger partial charge in [-0.3, -0.25) is 4.79 Å². The molecule has 6 heteroatoms. The monoisotopic (exact) mass is 354 g/mol. The highest BCUT2D eigenvalue weighted by atomic mass is 16.5. The van der Waals surface area contributed by atoms with Crippen LogP contribution in [0.15, 0.2) is 28.8 Å². The van der Waals surface area contributed by atoms with Crippen LogP contribution in [0.2, 0.25) is 0 Å². The summed E-state index contributed by atoms with van der Waals surface area (Å²) in [6.45, 7) is 4.59. The summed E-state index contributed by atoms with van der Waals surface area (Å²) in [5.41, 5.74) is 8.31. The zero-order chi connectivity index (χ0) is 18.3. The van der Waals surface area contributed by atoms with E-state index in [9.17, 15) is 4.79 Å². The maximum Gasteiger partial charge on any atom is 0.249 e. The van der Waals surface area contributed by atoms with Gasteiger partial charge < -0.3 is 15.2 Å². The quantitative estimate of drug-likeness (QED) is 0.912. The lowest BCUT2D eigenvalue weighted by atomic mass is 9.77. The second-order valence-corrected chi connectivity index (χ2v) is 7.73. The van der Waals surface area contributed by atoms with E-state index in [1.54, 1.807) is 0 Å². The van der Waals surface area contributed by atoms with Gasteiger partial charge in [0.15, 0.2) is 5.82 Å². The molecule has 2 unspecified atom stereocenters. The van der Waals surface area contributed by atoms with Crippen molar-refractivity contribution in [3.8, 4) is 0 Å². The van der Waals surface area contributed by atoms with Crippen LogP contribution in [0.3, 0.4) is 0 Å². The maximum atomic E-state index is 13.0. The lowest BCUT2D eigenvalue weighted by Gasteiger charge is -2.36. The average Bonchev–Trinajstić information content (AvgIpc) is 3.14. The van der Waals surface area contributed by atoms with Crippen molar-refractivity contribution in [2.45, 2.75) is 64.1 Å². The Morgan fingerprint density at radius 1 is 1.38 bits per heavy atom. The van der Waals surface area contributed by atoms with E-state index in [-0.39, 0.29) is 17.9 Å². The minimum absolute atomic E-state index is 0.0300. The SMILES string of the molecule is CCC(C)C(=O)N1Cc2ccccc2CC1c1nc(C2(N)CCC2)no1. The lowest BCUT2D eigenvalue weighted by Crippen LogP contribution is -2.44. The number of carbonyl (C=O) groups excluding carboxylic acids is 1. The summed E-state index contributed by atoms with van der Waals surface area (Å²) in [6, 6.07) is 8.03. The summed E-state index contributed by atoms with van der Waals surface area (Å²) in [5, 5.41) is 4.15. The molecule has 138 valence electrons. The second-order valence-electron chi connectivity index (χ2n) is 7.73. The molecule has 26 heavy (non-hydrogen) atoms. The molecule has 2 aromatic rings. The summed E-state index contributed by atoms with van der Waals surface area (Å²) >= 11 is 0. The summed E-state index contributed by atoms with van der Waals surface area (Å²) in [4.78, 5) is 19.5. The fourth-order valence-electron chi connectivity index (χ4n) is 3.79. The third-order valence-electron chi connectivity index (χ3n) is 5.98. The van der Waals surface area contributed by atoms with E-state index >= 15 is 0 Å². The van der Waals surface area contributed by atoms with E-state index in [1.807, 2.05) is 30.9 Å². The molecular weight excluding hydrogens is 328 g/mol. The van der Waals surface area contributed by atoms with Crippen LogP contribution in [0.1, 0.15) is 68.4 Å². The Hall–Kier alpha value is -2.21. The number of carbonyl (C=O) groups is 1. The number of hydrogen-bond donors (Lipinski definition) is 1. The summed E-state index contributed by atoms with van der Waals surface area (Å²) < 4.78 is 5.60. The topological polar surface area (TPSA) is 85.2 Å². The van der Waals surface area contributed by atoms with Gasteiger partial charge in [0.25, 0.3) is 0 Å². The van der Waals surface area contributed by atoms with Crippen molar-refractivity contribution in [3.63, 3.8) is 0 Å². The van der Waals surface area contributed by atoms with Gasteiger partial charge >= 0.3 is 0 Å². The number of hydrogen-bond acceptors (Lipinski definition) is 5. The maximum absolute atomic E-state index is 13.0. The Morgan fingerprint density at radius 3 is 2.77 bits per heavy atom. The van der Waals surface area contributed by atoms with E-state index in [2.05, 4.69) is 22.3 Å². The van der Waals surface area contributed by atoms with Gasteiger partial charge in [0.05, 0.1) is 5.54 Å². The van der Waals surface area contributed by atoms with Crippen LogP contribution in [-0.2, 0) is 23.3 Å². The molecule has 0 bridgehead atoms. The van der Waals surface area contributed by atoms with Gasteiger partial charge in [-0.25, -0.2) is 0 Å². The van der Waals surface area contributed by atoms with Crippen LogP contribution < -0.4 is 5.73 Å². The van der Waals surface area contributed by atoms with Crippen LogP contribution in [0.4, 0.5) is 0 Å². The van der Waals surface area contributed by atoms with Gasteiger partial charge in [-0.2, -0.15) is 4.98 Å².